The van der Waals surface area contributed by atoms with Crippen molar-refractivity contribution in [1.82, 2.24) is 4.98 Å². The highest BCUT2D eigenvalue weighted by molar-refractivity contribution is 7.93. The number of carboxylic acids is 1. The molecule has 3 rings (SSSR count). The van der Waals surface area contributed by atoms with Crippen LogP contribution in [0.5, 0.6) is 0 Å². The number of aromatic carboxylic acids is 1. The van der Waals surface area contributed by atoms with E-state index in [1.165, 1.54) is 24.3 Å². The first-order valence-corrected chi connectivity index (χ1v) is 8.47. The van der Waals surface area contributed by atoms with Gasteiger partial charge in [-0.15, -0.1) is 0 Å². The van der Waals surface area contributed by atoms with Crippen LogP contribution in [0, 0.1) is 0 Å². The van der Waals surface area contributed by atoms with E-state index in [9.17, 15) is 13.2 Å². The maximum Gasteiger partial charge on any atom is 0.335 e. The van der Waals surface area contributed by atoms with Crippen molar-refractivity contribution in [3.8, 4) is 0 Å². The summed E-state index contributed by atoms with van der Waals surface area (Å²) < 4.78 is 27.4. The first kappa shape index (κ1) is 14.5. The molecule has 1 heterocycles. The number of fused-ring (bicyclic) bond motifs is 1. The molecule has 112 valence electrons. The molecule has 0 saturated carbocycles. The summed E-state index contributed by atoms with van der Waals surface area (Å²) in [4.78, 5) is 15.2. The van der Waals surface area contributed by atoms with Crippen LogP contribution in [-0.2, 0) is 10.0 Å². The SMILES string of the molecule is O=C(O)c1ccc2nc(NS(=O)(=O)c3ccccc3)sc2c1. The Morgan fingerprint density at radius 2 is 1.86 bits per heavy atom. The van der Waals surface area contributed by atoms with Gasteiger partial charge in [-0.05, 0) is 30.3 Å². The fourth-order valence-electron chi connectivity index (χ4n) is 1.87. The van der Waals surface area contributed by atoms with Crippen molar-refractivity contribution in [3.05, 3.63) is 54.1 Å². The number of thiazole rings is 1. The minimum absolute atomic E-state index is 0.133. The second-order valence-electron chi connectivity index (χ2n) is 4.43. The van der Waals surface area contributed by atoms with E-state index in [0.717, 1.165) is 11.3 Å². The molecule has 22 heavy (non-hydrogen) atoms. The number of sulfonamides is 1. The maximum atomic E-state index is 12.2. The molecule has 0 aliphatic heterocycles. The molecule has 0 atom stereocenters. The number of anilines is 1. The van der Waals surface area contributed by atoms with Crippen LogP contribution in [0.15, 0.2) is 53.4 Å². The standard InChI is InChI=1S/C14H10N2O4S2/c17-13(18)9-6-7-11-12(8-9)21-14(15-11)16-22(19,20)10-4-2-1-3-5-10/h1-8H,(H,15,16)(H,17,18). The van der Waals surface area contributed by atoms with E-state index in [1.54, 1.807) is 24.3 Å². The van der Waals surface area contributed by atoms with Crippen molar-refractivity contribution in [2.24, 2.45) is 0 Å². The molecule has 0 aliphatic carbocycles. The highest BCUT2D eigenvalue weighted by atomic mass is 32.2. The van der Waals surface area contributed by atoms with E-state index in [1.807, 2.05) is 0 Å². The van der Waals surface area contributed by atoms with Gasteiger partial charge in [0, 0.05) is 0 Å². The van der Waals surface area contributed by atoms with Gasteiger partial charge in [0.25, 0.3) is 10.0 Å². The minimum atomic E-state index is -3.71. The largest absolute Gasteiger partial charge is 0.478 e. The molecule has 2 aromatic carbocycles. The Balaban J connectivity index is 1.96. The van der Waals surface area contributed by atoms with Gasteiger partial charge in [-0.25, -0.2) is 18.2 Å². The van der Waals surface area contributed by atoms with E-state index in [0.29, 0.717) is 10.2 Å². The highest BCUT2D eigenvalue weighted by Gasteiger charge is 2.16. The topological polar surface area (TPSA) is 96.4 Å². The normalized spacial score (nSPS) is 11.5. The molecule has 6 nitrogen and oxygen atoms in total. The molecule has 3 aromatic rings. The van der Waals surface area contributed by atoms with Crippen LogP contribution in [0.4, 0.5) is 5.13 Å². The number of aromatic nitrogens is 1. The summed E-state index contributed by atoms with van der Waals surface area (Å²) in [7, 11) is -3.71. The number of hydrogen-bond donors (Lipinski definition) is 2. The molecule has 0 amide bonds. The fraction of sp³-hybridized carbons (Fsp3) is 0. The third-order valence-electron chi connectivity index (χ3n) is 2.91. The predicted molar refractivity (Wildman–Crippen MR) is 83.8 cm³/mol. The number of nitrogens with one attached hydrogen (secondary N) is 1. The zero-order valence-electron chi connectivity index (χ0n) is 11.1. The van der Waals surface area contributed by atoms with Gasteiger partial charge in [0.05, 0.1) is 20.7 Å². The van der Waals surface area contributed by atoms with Crippen LogP contribution < -0.4 is 4.72 Å². The van der Waals surface area contributed by atoms with E-state index in [-0.39, 0.29) is 15.6 Å². The number of benzene rings is 2. The molecule has 0 aliphatic rings. The van der Waals surface area contributed by atoms with Crippen molar-refractivity contribution >= 4 is 42.7 Å². The van der Waals surface area contributed by atoms with Crippen molar-refractivity contribution in [2.75, 3.05) is 4.72 Å². The molecular formula is C14H10N2O4S2. The number of rotatable bonds is 4. The Kier molecular flexibility index (Phi) is 3.55. The van der Waals surface area contributed by atoms with Crippen molar-refractivity contribution in [3.63, 3.8) is 0 Å². The van der Waals surface area contributed by atoms with Crippen LogP contribution in [0.25, 0.3) is 10.2 Å². The molecule has 0 bridgehead atoms. The molecule has 0 radical (unpaired) electrons. The van der Waals surface area contributed by atoms with Crippen LogP contribution in [0.3, 0.4) is 0 Å². The van der Waals surface area contributed by atoms with Gasteiger partial charge >= 0.3 is 5.97 Å². The summed E-state index contributed by atoms with van der Waals surface area (Å²) in [5.74, 6) is -1.04. The van der Waals surface area contributed by atoms with E-state index < -0.39 is 16.0 Å². The average molecular weight is 334 g/mol. The monoisotopic (exact) mass is 334 g/mol. The summed E-state index contributed by atoms with van der Waals surface area (Å²) in [5.41, 5.74) is 0.675. The zero-order valence-corrected chi connectivity index (χ0v) is 12.7. The lowest BCUT2D eigenvalue weighted by molar-refractivity contribution is 0.0697. The molecule has 8 heteroatoms. The number of nitrogens with zero attached hydrogens (tertiary/aromatic N) is 1. The summed E-state index contributed by atoms with van der Waals surface area (Å²) in [6, 6.07) is 12.4. The third kappa shape index (κ3) is 2.78. The van der Waals surface area contributed by atoms with Crippen molar-refractivity contribution < 1.29 is 18.3 Å². The van der Waals surface area contributed by atoms with Gasteiger partial charge in [-0.3, -0.25) is 4.72 Å². The summed E-state index contributed by atoms with van der Waals surface area (Å²) >= 11 is 1.09. The Bertz CT molecular complexity index is 949. The van der Waals surface area contributed by atoms with Crippen molar-refractivity contribution in [2.45, 2.75) is 4.90 Å². The Morgan fingerprint density at radius 1 is 1.14 bits per heavy atom. The summed E-state index contributed by atoms with van der Waals surface area (Å²) in [6.45, 7) is 0. The Labute approximate surface area is 130 Å². The predicted octanol–water partition coefficient (Wildman–Crippen LogP) is 2.80. The minimum Gasteiger partial charge on any atom is -0.478 e. The number of carboxylic acid groups (broad SMARTS) is 1. The first-order chi connectivity index (χ1) is 10.5. The smallest absolute Gasteiger partial charge is 0.335 e. The highest BCUT2D eigenvalue weighted by Crippen LogP contribution is 2.28. The Hall–Kier alpha value is -2.45. The summed E-state index contributed by atoms with van der Waals surface area (Å²) in [6.07, 6.45) is 0. The average Bonchev–Trinajstić information content (AvgIpc) is 2.88. The van der Waals surface area contributed by atoms with E-state index in [2.05, 4.69) is 9.71 Å². The molecular weight excluding hydrogens is 324 g/mol. The van der Waals surface area contributed by atoms with Crippen LogP contribution in [0.1, 0.15) is 10.4 Å². The molecule has 2 N–H and O–H groups in total. The zero-order chi connectivity index (χ0) is 15.7. The van der Waals surface area contributed by atoms with Crippen molar-refractivity contribution in [1.29, 1.82) is 0 Å². The van der Waals surface area contributed by atoms with Crippen LogP contribution in [-0.4, -0.2) is 24.5 Å². The lowest BCUT2D eigenvalue weighted by Gasteiger charge is -2.03. The lowest BCUT2D eigenvalue weighted by atomic mass is 10.2. The second kappa shape index (κ2) is 5.39. The van der Waals surface area contributed by atoms with E-state index in [4.69, 9.17) is 5.11 Å². The maximum absolute atomic E-state index is 12.2. The van der Waals surface area contributed by atoms with Gasteiger partial charge in [0.2, 0.25) is 0 Å². The fourth-order valence-corrected chi connectivity index (χ4v) is 4.04. The molecule has 0 fully saturated rings. The van der Waals surface area contributed by atoms with Gasteiger partial charge in [0.15, 0.2) is 5.13 Å². The van der Waals surface area contributed by atoms with Crippen LogP contribution >= 0.6 is 11.3 Å². The molecule has 0 unspecified atom stereocenters. The third-order valence-corrected chi connectivity index (χ3v) is 5.33. The van der Waals surface area contributed by atoms with Gasteiger partial charge < -0.3 is 5.11 Å². The second-order valence-corrected chi connectivity index (χ2v) is 7.14. The quantitative estimate of drug-likeness (QED) is 0.765. The molecule has 0 spiro atoms. The first-order valence-electron chi connectivity index (χ1n) is 6.17. The van der Waals surface area contributed by atoms with Gasteiger partial charge in [0.1, 0.15) is 0 Å². The lowest BCUT2D eigenvalue weighted by Crippen LogP contribution is -2.12. The molecule has 1 aromatic heterocycles. The molecule has 0 saturated heterocycles. The number of carbonyl (C=O) groups is 1. The number of hydrogen-bond acceptors (Lipinski definition) is 5. The summed E-state index contributed by atoms with van der Waals surface area (Å²) in [5, 5.41) is 9.15. The van der Waals surface area contributed by atoms with Gasteiger partial charge in [-0.1, -0.05) is 29.5 Å². The van der Waals surface area contributed by atoms with E-state index >= 15 is 0 Å². The Morgan fingerprint density at radius 3 is 2.55 bits per heavy atom. The van der Waals surface area contributed by atoms with Gasteiger partial charge in [-0.2, -0.15) is 0 Å². The van der Waals surface area contributed by atoms with Crippen LogP contribution in [0.2, 0.25) is 0 Å².